The fraction of sp³-hybridized carbons (Fsp3) is 0.250. The number of aromatic nitrogens is 3. The van der Waals surface area contributed by atoms with Crippen LogP contribution in [-0.2, 0) is 0 Å². The Morgan fingerprint density at radius 1 is 1.07 bits per heavy atom. The van der Waals surface area contributed by atoms with Crippen molar-refractivity contribution in [1.82, 2.24) is 15.0 Å². The van der Waals surface area contributed by atoms with E-state index in [0.717, 1.165) is 36.5 Å². The predicted octanol–water partition coefficient (Wildman–Crippen LogP) is 5.42. The van der Waals surface area contributed by atoms with Gasteiger partial charge in [-0.3, -0.25) is 0 Å². The molecule has 1 saturated heterocycles. The quantitative estimate of drug-likeness (QED) is 0.452. The molecule has 0 amide bonds. The van der Waals surface area contributed by atoms with Gasteiger partial charge in [-0.2, -0.15) is 0 Å². The second kappa shape index (κ2) is 6.69. The van der Waals surface area contributed by atoms with E-state index in [1.165, 1.54) is 17.1 Å². The van der Waals surface area contributed by atoms with Crippen LogP contribution in [0.15, 0.2) is 42.7 Å². The zero-order valence-corrected chi connectivity index (χ0v) is 16.0. The number of hydrogen-bond donors (Lipinski definition) is 0. The van der Waals surface area contributed by atoms with Gasteiger partial charge in [0.1, 0.15) is 18.0 Å². The first kappa shape index (κ1) is 16.8. The molecule has 4 nitrogen and oxygen atoms in total. The molecule has 1 fully saturated rings. The Hall–Kier alpha value is -2.31. The third kappa shape index (κ3) is 3.03. The van der Waals surface area contributed by atoms with Crippen molar-refractivity contribution in [3.8, 4) is 0 Å². The molecule has 2 aromatic carbocycles. The van der Waals surface area contributed by atoms with Crippen molar-refractivity contribution in [2.75, 3.05) is 18.0 Å². The summed E-state index contributed by atoms with van der Waals surface area (Å²) in [6.07, 6.45) is 3.45. The maximum Gasteiger partial charge on any atom is 0.142 e. The summed E-state index contributed by atoms with van der Waals surface area (Å²) in [5, 5.41) is 2.38. The molecule has 0 radical (unpaired) electrons. The van der Waals surface area contributed by atoms with Crippen LogP contribution in [0.2, 0.25) is 5.02 Å². The Balaban J connectivity index is 1.40. The molecule has 1 aliphatic rings. The zero-order chi connectivity index (χ0) is 18.4. The third-order valence-electron chi connectivity index (χ3n) is 5.10. The minimum Gasteiger partial charge on any atom is -0.356 e. The van der Waals surface area contributed by atoms with Crippen LogP contribution in [-0.4, -0.2) is 28.0 Å². The molecule has 0 atom stereocenters. The van der Waals surface area contributed by atoms with Gasteiger partial charge in [0.05, 0.1) is 26.1 Å². The third-order valence-corrected chi connectivity index (χ3v) is 6.54. The van der Waals surface area contributed by atoms with E-state index in [2.05, 4.69) is 14.9 Å². The Bertz CT molecular complexity index is 1130. The first-order chi connectivity index (χ1) is 13.2. The summed E-state index contributed by atoms with van der Waals surface area (Å²) in [6, 6.07) is 10.8. The summed E-state index contributed by atoms with van der Waals surface area (Å²) < 4.78 is 15.5. The van der Waals surface area contributed by atoms with E-state index in [-0.39, 0.29) is 5.82 Å². The highest BCUT2D eigenvalue weighted by Crippen LogP contribution is 2.36. The van der Waals surface area contributed by atoms with Crippen LogP contribution in [0.5, 0.6) is 0 Å². The fourth-order valence-corrected chi connectivity index (χ4v) is 5.01. The maximum absolute atomic E-state index is 14.4. The summed E-state index contributed by atoms with van der Waals surface area (Å²) in [5.74, 6) is 0.830. The van der Waals surface area contributed by atoms with Crippen molar-refractivity contribution >= 4 is 49.9 Å². The molecule has 0 aliphatic carbocycles. The number of hydrogen-bond acceptors (Lipinski definition) is 5. The molecule has 136 valence electrons. The molecule has 1 aliphatic heterocycles. The maximum atomic E-state index is 14.4. The lowest BCUT2D eigenvalue weighted by Gasteiger charge is -2.32. The van der Waals surface area contributed by atoms with Crippen molar-refractivity contribution in [3.63, 3.8) is 0 Å². The molecule has 0 bridgehead atoms. The minimum absolute atomic E-state index is 0.270. The molecule has 7 heteroatoms. The lowest BCUT2D eigenvalue weighted by molar-refractivity contribution is 0.502. The molecule has 27 heavy (non-hydrogen) atoms. The molecule has 0 saturated carbocycles. The van der Waals surface area contributed by atoms with E-state index in [1.54, 1.807) is 17.4 Å². The summed E-state index contributed by atoms with van der Waals surface area (Å²) in [5.41, 5.74) is 1.61. The largest absolute Gasteiger partial charge is 0.356 e. The van der Waals surface area contributed by atoms with Crippen molar-refractivity contribution in [2.24, 2.45) is 0 Å². The van der Waals surface area contributed by atoms with E-state index in [1.807, 2.05) is 24.3 Å². The Morgan fingerprint density at radius 2 is 1.93 bits per heavy atom. The number of rotatable bonds is 2. The standard InChI is InChI=1S/C20H16ClFN4S/c21-13-4-5-17-16(10-13)25-20(27-17)12-6-8-26(9-7-12)19-18-14(22)2-1-3-15(18)23-11-24-19/h1-5,10-12H,6-9H2. The summed E-state index contributed by atoms with van der Waals surface area (Å²) in [4.78, 5) is 15.5. The normalized spacial score (nSPS) is 15.7. The van der Waals surface area contributed by atoms with E-state index < -0.39 is 0 Å². The van der Waals surface area contributed by atoms with Crippen molar-refractivity contribution in [2.45, 2.75) is 18.8 Å². The smallest absolute Gasteiger partial charge is 0.142 e. The van der Waals surface area contributed by atoms with Gasteiger partial charge >= 0.3 is 0 Å². The SMILES string of the molecule is Fc1cccc2ncnc(N3CCC(c4nc5cc(Cl)ccc5s4)CC3)c12. The van der Waals surface area contributed by atoms with Gasteiger partial charge in [-0.1, -0.05) is 17.7 Å². The van der Waals surface area contributed by atoms with Gasteiger partial charge in [0.15, 0.2) is 0 Å². The summed E-state index contributed by atoms with van der Waals surface area (Å²) >= 11 is 7.82. The van der Waals surface area contributed by atoms with Gasteiger partial charge < -0.3 is 4.90 Å². The van der Waals surface area contributed by atoms with E-state index >= 15 is 0 Å². The molecular weight excluding hydrogens is 383 g/mol. The number of thiazole rings is 1. The fourth-order valence-electron chi connectivity index (χ4n) is 3.72. The molecule has 0 spiro atoms. The highest BCUT2D eigenvalue weighted by atomic mass is 35.5. The van der Waals surface area contributed by atoms with Gasteiger partial charge in [-0.05, 0) is 43.2 Å². The first-order valence-corrected chi connectivity index (χ1v) is 10.1. The topological polar surface area (TPSA) is 41.9 Å². The number of nitrogens with zero attached hydrogens (tertiary/aromatic N) is 4. The van der Waals surface area contributed by atoms with Crippen LogP contribution in [0.4, 0.5) is 10.2 Å². The van der Waals surface area contributed by atoms with Crippen LogP contribution in [0, 0.1) is 5.82 Å². The van der Waals surface area contributed by atoms with Gasteiger partial charge in [0, 0.05) is 24.0 Å². The molecule has 5 rings (SSSR count). The Morgan fingerprint density at radius 3 is 2.78 bits per heavy atom. The first-order valence-electron chi connectivity index (χ1n) is 8.89. The van der Waals surface area contributed by atoms with E-state index in [9.17, 15) is 4.39 Å². The number of fused-ring (bicyclic) bond motifs is 2. The van der Waals surface area contributed by atoms with Gasteiger partial charge in [-0.25, -0.2) is 19.3 Å². The molecule has 2 aromatic heterocycles. The number of benzene rings is 2. The van der Waals surface area contributed by atoms with Crippen molar-refractivity contribution in [3.05, 3.63) is 58.6 Å². The number of piperidine rings is 1. The van der Waals surface area contributed by atoms with Crippen molar-refractivity contribution in [1.29, 1.82) is 0 Å². The molecule has 4 aromatic rings. The number of anilines is 1. The van der Waals surface area contributed by atoms with Gasteiger partial charge in [0.2, 0.25) is 0 Å². The summed E-state index contributed by atoms with van der Waals surface area (Å²) in [6.45, 7) is 1.64. The molecular formula is C20H16ClFN4S. The lowest BCUT2D eigenvalue weighted by atomic mass is 9.97. The monoisotopic (exact) mass is 398 g/mol. The van der Waals surface area contributed by atoms with Crippen molar-refractivity contribution < 1.29 is 4.39 Å². The average Bonchev–Trinajstić information content (AvgIpc) is 3.11. The van der Waals surface area contributed by atoms with Crippen LogP contribution in [0.25, 0.3) is 21.1 Å². The Labute approximate surface area is 164 Å². The number of halogens is 2. The van der Waals surface area contributed by atoms with E-state index in [4.69, 9.17) is 16.6 Å². The van der Waals surface area contributed by atoms with Gasteiger partial charge in [-0.15, -0.1) is 11.3 Å². The minimum atomic E-state index is -0.270. The molecule has 3 heterocycles. The Kier molecular flexibility index (Phi) is 4.17. The second-order valence-corrected chi connectivity index (χ2v) is 8.26. The predicted molar refractivity (Wildman–Crippen MR) is 108 cm³/mol. The highest BCUT2D eigenvalue weighted by molar-refractivity contribution is 7.18. The van der Waals surface area contributed by atoms with Crippen LogP contribution >= 0.6 is 22.9 Å². The average molecular weight is 399 g/mol. The van der Waals surface area contributed by atoms with Gasteiger partial charge in [0.25, 0.3) is 0 Å². The van der Waals surface area contributed by atoms with E-state index in [0.29, 0.717) is 27.7 Å². The second-order valence-electron chi connectivity index (χ2n) is 6.76. The van der Waals surface area contributed by atoms with Crippen LogP contribution < -0.4 is 4.90 Å². The highest BCUT2D eigenvalue weighted by Gasteiger charge is 2.25. The lowest BCUT2D eigenvalue weighted by Crippen LogP contribution is -2.33. The molecule has 0 N–H and O–H groups in total. The summed E-state index contributed by atoms with van der Waals surface area (Å²) in [7, 11) is 0. The van der Waals surface area contributed by atoms with Crippen LogP contribution in [0.3, 0.4) is 0 Å². The molecule has 0 unspecified atom stereocenters. The zero-order valence-electron chi connectivity index (χ0n) is 14.4. The van der Waals surface area contributed by atoms with Crippen LogP contribution in [0.1, 0.15) is 23.8 Å².